The maximum absolute atomic E-state index is 12.7. The Kier molecular flexibility index (Phi) is 7.62. The van der Waals surface area contributed by atoms with E-state index in [4.69, 9.17) is 9.47 Å². The van der Waals surface area contributed by atoms with Crippen molar-refractivity contribution in [3.63, 3.8) is 0 Å². The van der Waals surface area contributed by atoms with Crippen molar-refractivity contribution in [2.24, 2.45) is 5.41 Å². The molecule has 24 heavy (non-hydrogen) atoms. The highest BCUT2D eigenvalue weighted by molar-refractivity contribution is 6.02. The summed E-state index contributed by atoms with van der Waals surface area (Å²) in [7, 11) is 0. The zero-order chi connectivity index (χ0) is 18.2. The lowest BCUT2D eigenvalue weighted by Crippen LogP contribution is -2.42. The highest BCUT2D eigenvalue weighted by Crippen LogP contribution is 2.32. The van der Waals surface area contributed by atoms with Gasteiger partial charge >= 0.3 is 11.9 Å². The number of ketones is 1. The molecule has 0 saturated carbocycles. The summed E-state index contributed by atoms with van der Waals surface area (Å²) in [5, 5.41) is 0. The molecule has 0 aliphatic carbocycles. The molecular weight excluding hydrogens is 308 g/mol. The number of hydrogen-bond acceptors (Lipinski definition) is 5. The Balaban J connectivity index is 3.02. The summed E-state index contributed by atoms with van der Waals surface area (Å²) in [6, 6.07) is 6.51. The summed E-state index contributed by atoms with van der Waals surface area (Å²) in [6.07, 6.45) is 2.19. The Morgan fingerprint density at radius 1 is 1.00 bits per heavy atom. The Labute approximate surface area is 143 Å². The smallest absolute Gasteiger partial charge is 0.328 e. The molecule has 0 heterocycles. The Morgan fingerprint density at radius 3 is 2.17 bits per heavy atom. The molecule has 1 aromatic carbocycles. The van der Waals surface area contributed by atoms with Crippen LogP contribution in [0, 0.1) is 5.41 Å². The first-order chi connectivity index (χ1) is 11.4. The van der Waals surface area contributed by atoms with E-state index in [1.807, 2.05) is 6.92 Å². The van der Waals surface area contributed by atoms with Crippen molar-refractivity contribution in [2.75, 3.05) is 6.61 Å². The molecule has 5 nitrogen and oxygen atoms in total. The maximum atomic E-state index is 12.7. The second-order valence-corrected chi connectivity index (χ2v) is 5.72. The average molecular weight is 334 g/mol. The van der Waals surface area contributed by atoms with Crippen molar-refractivity contribution in [3.05, 3.63) is 29.8 Å². The molecule has 1 aromatic rings. The number of carbonyl (C=O) groups is 3. The molecule has 0 atom stereocenters. The molecule has 0 radical (unpaired) electrons. The molecule has 0 spiro atoms. The van der Waals surface area contributed by atoms with Gasteiger partial charge in [0.25, 0.3) is 0 Å². The minimum atomic E-state index is -1.35. The minimum Gasteiger partial charge on any atom is -0.465 e. The van der Waals surface area contributed by atoms with Crippen LogP contribution in [0.4, 0.5) is 0 Å². The fraction of sp³-hybridized carbons (Fsp3) is 0.526. The molecular formula is C19H26O5. The lowest BCUT2D eigenvalue weighted by atomic mass is 9.82. The molecule has 0 aromatic heterocycles. The Bertz CT molecular complexity index is 587. The number of rotatable bonds is 9. The van der Waals surface area contributed by atoms with Gasteiger partial charge < -0.3 is 9.47 Å². The molecule has 0 saturated heterocycles. The molecule has 0 fully saturated rings. The van der Waals surface area contributed by atoms with Crippen LogP contribution in [0.2, 0.25) is 0 Å². The van der Waals surface area contributed by atoms with E-state index in [-0.39, 0.29) is 31.0 Å². The van der Waals surface area contributed by atoms with Crippen molar-refractivity contribution in [1.82, 2.24) is 0 Å². The van der Waals surface area contributed by atoms with Gasteiger partial charge in [-0.15, -0.1) is 0 Å². The van der Waals surface area contributed by atoms with Crippen LogP contribution in [0.5, 0.6) is 5.75 Å². The second kappa shape index (κ2) is 9.21. The number of unbranched alkanes of at least 4 members (excludes halogenated alkanes) is 1. The van der Waals surface area contributed by atoms with Crippen LogP contribution >= 0.6 is 0 Å². The van der Waals surface area contributed by atoms with Gasteiger partial charge in [0.15, 0.2) is 11.2 Å². The number of esters is 2. The summed E-state index contributed by atoms with van der Waals surface area (Å²) in [5.41, 5.74) is -1.04. The summed E-state index contributed by atoms with van der Waals surface area (Å²) in [6.45, 7) is 7.19. The Hall–Kier alpha value is -2.17. The third-order valence-corrected chi connectivity index (χ3v) is 4.19. The Morgan fingerprint density at radius 2 is 1.62 bits per heavy atom. The van der Waals surface area contributed by atoms with E-state index in [0.29, 0.717) is 5.56 Å². The fourth-order valence-corrected chi connectivity index (χ4v) is 2.40. The van der Waals surface area contributed by atoms with Gasteiger partial charge in [0.05, 0.1) is 12.2 Å². The van der Waals surface area contributed by atoms with Crippen LogP contribution in [0.15, 0.2) is 24.3 Å². The molecule has 0 N–H and O–H groups in total. The first kappa shape index (κ1) is 19.9. The lowest BCUT2D eigenvalue weighted by Gasteiger charge is -2.27. The van der Waals surface area contributed by atoms with E-state index in [2.05, 4.69) is 0 Å². The van der Waals surface area contributed by atoms with Crippen molar-refractivity contribution < 1.29 is 23.9 Å². The van der Waals surface area contributed by atoms with Gasteiger partial charge in [0.1, 0.15) is 5.75 Å². The van der Waals surface area contributed by atoms with Crippen LogP contribution < -0.4 is 4.74 Å². The van der Waals surface area contributed by atoms with E-state index in [1.165, 1.54) is 6.92 Å². The number of hydrogen-bond donors (Lipinski definition) is 0. The normalized spacial score (nSPS) is 11.0. The zero-order valence-corrected chi connectivity index (χ0v) is 14.9. The van der Waals surface area contributed by atoms with E-state index in [1.54, 1.807) is 38.1 Å². The number of benzene rings is 1. The van der Waals surface area contributed by atoms with Gasteiger partial charge in [-0.25, -0.2) is 0 Å². The van der Waals surface area contributed by atoms with E-state index < -0.39 is 17.4 Å². The third kappa shape index (κ3) is 4.43. The second-order valence-electron chi connectivity index (χ2n) is 5.72. The minimum absolute atomic E-state index is 0.169. The monoisotopic (exact) mass is 334 g/mol. The highest BCUT2D eigenvalue weighted by atomic mass is 16.6. The predicted octanol–water partition coefficient (Wildman–Crippen LogP) is 3.94. The van der Waals surface area contributed by atoms with Crippen LogP contribution in [-0.4, -0.2) is 24.3 Å². The zero-order valence-electron chi connectivity index (χ0n) is 14.9. The summed E-state index contributed by atoms with van der Waals surface area (Å²) in [5.74, 6) is -1.28. The van der Waals surface area contributed by atoms with Gasteiger partial charge in [-0.05, 0) is 38.3 Å². The number of ether oxygens (including phenoxy) is 2. The predicted molar refractivity (Wildman–Crippen MR) is 91.0 cm³/mol. The number of para-hydroxylation sites is 1. The van der Waals surface area contributed by atoms with E-state index in [0.717, 1.165) is 12.8 Å². The van der Waals surface area contributed by atoms with E-state index in [9.17, 15) is 14.4 Å². The summed E-state index contributed by atoms with van der Waals surface area (Å²) < 4.78 is 10.7. The number of carbonyl (C=O) groups excluding carboxylic acids is 3. The first-order valence-electron chi connectivity index (χ1n) is 8.42. The largest absolute Gasteiger partial charge is 0.465 e. The van der Waals surface area contributed by atoms with Gasteiger partial charge in [0, 0.05) is 0 Å². The SMILES string of the molecule is CCCCOC(=O)C(CC)(CC)C(=O)Oc1ccccc1C(C)=O. The van der Waals surface area contributed by atoms with Gasteiger partial charge in [0.2, 0.25) is 0 Å². The molecule has 5 heteroatoms. The summed E-state index contributed by atoms with van der Waals surface area (Å²) >= 11 is 0. The van der Waals surface area contributed by atoms with Crippen LogP contribution in [0.3, 0.4) is 0 Å². The number of Topliss-reactive ketones (excluding diaryl/α,β-unsaturated/α-hetero) is 1. The summed E-state index contributed by atoms with van der Waals surface area (Å²) in [4.78, 5) is 36.8. The standard InChI is InChI=1S/C19H26O5/c1-5-8-13-23-17(21)19(6-2,7-3)18(22)24-16-12-10-9-11-15(16)14(4)20/h9-12H,5-8,13H2,1-4H3. The molecule has 0 bridgehead atoms. The lowest BCUT2D eigenvalue weighted by molar-refractivity contribution is -0.168. The van der Waals surface area contributed by atoms with Crippen LogP contribution in [0.1, 0.15) is 63.7 Å². The molecule has 1 rings (SSSR count). The van der Waals surface area contributed by atoms with Crippen molar-refractivity contribution in [3.8, 4) is 5.75 Å². The van der Waals surface area contributed by atoms with Crippen LogP contribution in [0.25, 0.3) is 0 Å². The van der Waals surface area contributed by atoms with Crippen molar-refractivity contribution >= 4 is 17.7 Å². The quantitative estimate of drug-likeness (QED) is 0.225. The molecule has 0 aliphatic heterocycles. The fourth-order valence-electron chi connectivity index (χ4n) is 2.40. The molecule has 0 aliphatic rings. The van der Waals surface area contributed by atoms with Crippen LogP contribution in [-0.2, 0) is 14.3 Å². The van der Waals surface area contributed by atoms with Crippen molar-refractivity contribution in [2.45, 2.75) is 53.4 Å². The molecule has 132 valence electrons. The topological polar surface area (TPSA) is 69.7 Å². The van der Waals surface area contributed by atoms with Gasteiger partial charge in [-0.1, -0.05) is 39.3 Å². The van der Waals surface area contributed by atoms with E-state index >= 15 is 0 Å². The van der Waals surface area contributed by atoms with Gasteiger partial charge in [-0.3, -0.25) is 14.4 Å². The molecule has 0 amide bonds. The maximum Gasteiger partial charge on any atom is 0.328 e. The highest BCUT2D eigenvalue weighted by Gasteiger charge is 2.46. The van der Waals surface area contributed by atoms with Crippen molar-refractivity contribution in [1.29, 1.82) is 0 Å². The third-order valence-electron chi connectivity index (χ3n) is 4.19. The molecule has 0 unspecified atom stereocenters. The van der Waals surface area contributed by atoms with Gasteiger partial charge in [-0.2, -0.15) is 0 Å². The average Bonchev–Trinajstić information content (AvgIpc) is 2.57. The first-order valence-corrected chi connectivity index (χ1v) is 8.42.